The lowest BCUT2D eigenvalue weighted by Crippen LogP contribution is -2.54. The van der Waals surface area contributed by atoms with E-state index in [2.05, 4.69) is 5.32 Å². The maximum Gasteiger partial charge on any atom is 0.290 e. The Labute approximate surface area is 175 Å². The fourth-order valence-corrected chi connectivity index (χ4v) is 3.60. The van der Waals surface area contributed by atoms with Gasteiger partial charge in [0.25, 0.3) is 5.91 Å². The monoisotopic (exact) mass is 413 g/mol. The molecule has 1 unspecified atom stereocenters. The van der Waals surface area contributed by atoms with Gasteiger partial charge in [0.05, 0.1) is 19.9 Å². The molecule has 1 aromatic carbocycles. The van der Waals surface area contributed by atoms with Crippen LogP contribution in [0.5, 0.6) is 5.75 Å². The number of benzene rings is 1. The van der Waals surface area contributed by atoms with Crippen molar-refractivity contribution in [3.05, 3.63) is 48.4 Å². The molecular weight excluding hydrogens is 386 g/mol. The van der Waals surface area contributed by atoms with E-state index in [-0.39, 0.29) is 30.0 Å². The number of nitrogens with zero attached hydrogens (tertiary/aromatic N) is 2. The molecule has 1 saturated heterocycles. The zero-order valence-corrected chi connectivity index (χ0v) is 17.3. The largest absolute Gasteiger partial charge is 0.497 e. The van der Waals surface area contributed by atoms with Gasteiger partial charge in [-0.2, -0.15) is 0 Å². The molecule has 2 aromatic rings. The summed E-state index contributed by atoms with van der Waals surface area (Å²) in [5, 5.41) is 2.79. The van der Waals surface area contributed by atoms with E-state index in [4.69, 9.17) is 9.15 Å². The first-order chi connectivity index (χ1) is 14.5. The molecule has 2 heterocycles. The number of carbonyl (C=O) groups is 3. The third-order valence-corrected chi connectivity index (χ3v) is 5.16. The van der Waals surface area contributed by atoms with Crippen LogP contribution in [-0.2, 0) is 9.59 Å². The van der Waals surface area contributed by atoms with Gasteiger partial charge in [-0.1, -0.05) is 6.07 Å². The minimum atomic E-state index is -0.596. The lowest BCUT2D eigenvalue weighted by Gasteiger charge is -2.37. The predicted molar refractivity (Wildman–Crippen MR) is 111 cm³/mol. The second kappa shape index (κ2) is 9.96. The highest BCUT2D eigenvalue weighted by molar-refractivity contribution is 5.98. The molecule has 1 N–H and O–H groups in total. The van der Waals surface area contributed by atoms with Crippen molar-refractivity contribution in [2.75, 3.05) is 32.1 Å². The number of likely N-dealkylation sites (tertiary alicyclic amines) is 1. The summed E-state index contributed by atoms with van der Waals surface area (Å²) in [6.07, 6.45) is 3.69. The number of methoxy groups -OCH3 is 1. The average molecular weight is 413 g/mol. The Kier molecular flexibility index (Phi) is 7.11. The van der Waals surface area contributed by atoms with Crippen LogP contribution >= 0.6 is 0 Å². The van der Waals surface area contributed by atoms with E-state index in [1.165, 1.54) is 11.2 Å². The van der Waals surface area contributed by atoms with Crippen LogP contribution in [0.1, 0.15) is 36.7 Å². The number of anilines is 1. The van der Waals surface area contributed by atoms with E-state index in [1.807, 2.05) is 6.92 Å². The second-order valence-corrected chi connectivity index (χ2v) is 7.12. The van der Waals surface area contributed by atoms with E-state index in [1.54, 1.807) is 48.4 Å². The van der Waals surface area contributed by atoms with Crippen molar-refractivity contribution in [2.45, 2.75) is 32.2 Å². The van der Waals surface area contributed by atoms with Gasteiger partial charge in [-0.3, -0.25) is 14.4 Å². The molecule has 8 nitrogen and oxygen atoms in total. The molecule has 1 aromatic heterocycles. The number of hydrogen-bond donors (Lipinski definition) is 1. The number of furan rings is 1. The highest BCUT2D eigenvalue weighted by Gasteiger charge is 2.36. The number of rotatable bonds is 7. The molecule has 30 heavy (non-hydrogen) atoms. The van der Waals surface area contributed by atoms with Crippen LogP contribution in [0.3, 0.4) is 0 Å². The molecule has 3 rings (SSSR count). The molecule has 1 aliphatic heterocycles. The zero-order valence-electron chi connectivity index (χ0n) is 17.3. The number of hydrogen-bond acceptors (Lipinski definition) is 5. The minimum absolute atomic E-state index is 0.0914. The molecule has 1 fully saturated rings. The highest BCUT2D eigenvalue weighted by Crippen LogP contribution is 2.22. The van der Waals surface area contributed by atoms with Gasteiger partial charge in [-0.15, -0.1) is 0 Å². The Hall–Kier alpha value is -3.29. The van der Waals surface area contributed by atoms with Crippen molar-refractivity contribution in [2.24, 2.45) is 0 Å². The summed E-state index contributed by atoms with van der Waals surface area (Å²) in [4.78, 5) is 41.6. The Morgan fingerprint density at radius 2 is 2.07 bits per heavy atom. The fourth-order valence-electron chi connectivity index (χ4n) is 3.60. The second-order valence-electron chi connectivity index (χ2n) is 7.12. The van der Waals surface area contributed by atoms with Crippen molar-refractivity contribution in [3.8, 4) is 5.75 Å². The van der Waals surface area contributed by atoms with E-state index in [0.717, 1.165) is 12.8 Å². The van der Waals surface area contributed by atoms with Gasteiger partial charge in [-0.25, -0.2) is 0 Å². The van der Waals surface area contributed by atoms with Crippen LogP contribution in [0.4, 0.5) is 5.69 Å². The van der Waals surface area contributed by atoms with Crippen molar-refractivity contribution < 1.29 is 23.5 Å². The van der Waals surface area contributed by atoms with Gasteiger partial charge in [-0.05, 0) is 50.5 Å². The molecule has 1 atom stereocenters. The van der Waals surface area contributed by atoms with Gasteiger partial charge in [0.2, 0.25) is 11.8 Å². The SMILES string of the molecule is CCN(CC(=O)Nc1cccc(OC)c1)C(=O)C1CCCCN1C(=O)c1ccco1. The Morgan fingerprint density at radius 3 is 2.77 bits per heavy atom. The molecule has 1 aliphatic rings. The van der Waals surface area contributed by atoms with Crippen LogP contribution in [0.15, 0.2) is 47.1 Å². The average Bonchev–Trinajstić information content (AvgIpc) is 3.31. The molecule has 3 amide bonds. The van der Waals surface area contributed by atoms with Gasteiger partial charge < -0.3 is 24.3 Å². The quantitative estimate of drug-likeness (QED) is 0.754. The lowest BCUT2D eigenvalue weighted by molar-refractivity contribution is -0.139. The predicted octanol–water partition coefficient (Wildman–Crippen LogP) is 2.77. The standard InChI is InChI=1S/C22H27N3O5/c1-3-24(15-20(26)23-16-8-6-9-17(14-16)29-2)21(27)18-10-4-5-12-25(18)22(28)19-11-7-13-30-19/h6-9,11,13-14,18H,3-5,10,12,15H2,1-2H3,(H,23,26). The molecule has 160 valence electrons. The molecule has 0 spiro atoms. The summed E-state index contributed by atoms with van der Waals surface area (Å²) < 4.78 is 10.4. The molecule has 8 heteroatoms. The van der Waals surface area contributed by atoms with Crippen LogP contribution in [0.2, 0.25) is 0 Å². The number of ether oxygens (including phenoxy) is 1. The summed E-state index contributed by atoms with van der Waals surface area (Å²) >= 11 is 0. The summed E-state index contributed by atoms with van der Waals surface area (Å²) in [6, 6.07) is 9.67. The Morgan fingerprint density at radius 1 is 1.23 bits per heavy atom. The summed E-state index contributed by atoms with van der Waals surface area (Å²) in [6.45, 7) is 2.58. The molecule has 0 bridgehead atoms. The molecule has 0 radical (unpaired) electrons. The van der Waals surface area contributed by atoms with Gasteiger partial charge >= 0.3 is 0 Å². The first-order valence-corrected chi connectivity index (χ1v) is 10.1. The number of amides is 3. The first kappa shape index (κ1) is 21.4. The topological polar surface area (TPSA) is 92.1 Å². The van der Waals surface area contributed by atoms with Gasteiger partial charge in [0, 0.05) is 24.8 Å². The van der Waals surface area contributed by atoms with Crippen molar-refractivity contribution in [1.29, 1.82) is 0 Å². The van der Waals surface area contributed by atoms with E-state index in [9.17, 15) is 14.4 Å². The third kappa shape index (κ3) is 5.00. The summed E-state index contributed by atoms with van der Waals surface area (Å²) in [5.74, 6) is 0.0185. The normalized spacial score (nSPS) is 16.1. The third-order valence-electron chi connectivity index (χ3n) is 5.16. The highest BCUT2D eigenvalue weighted by atomic mass is 16.5. The Balaban J connectivity index is 1.67. The van der Waals surface area contributed by atoms with E-state index >= 15 is 0 Å². The maximum atomic E-state index is 13.2. The summed E-state index contributed by atoms with van der Waals surface area (Å²) in [5.41, 5.74) is 0.593. The Bertz CT molecular complexity index is 881. The van der Waals surface area contributed by atoms with E-state index in [0.29, 0.717) is 30.9 Å². The minimum Gasteiger partial charge on any atom is -0.497 e. The number of nitrogens with one attached hydrogen (secondary N) is 1. The smallest absolute Gasteiger partial charge is 0.290 e. The summed E-state index contributed by atoms with van der Waals surface area (Å²) in [7, 11) is 1.55. The number of piperidine rings is 1. The van der Waals surface area contributed by atoms with Crippen LogP contribution in [0, 0.1) is 0 Å². The zero-order chi connectivity index (χ0) is 21.5. The van der Waals surface area contributed by atoms with E-state index < -0.39 is 6.04 Å². The maximum absolute atomic E-state index is 13.2. The van der Waals surface area contributed by atoms with Gasteiger partial charge in [0.1, 0.15) is 11.8 Å². The molecular formula is C22H27N3O5. The molecule has 0 saturated carbocycles. The first-order valence-electron chi connectivity index (χ1n) is 10.1. The number of likely N-dealkylation sites (N-methyl/N-ethyl adjacent to an activating group) is 1. The lowest BCUT2D eigenvalue weighted by atomic mass is 10.00. The van der Waals surface area contributed by atoms with Crippen LogP contribution in [-0.4, -0.2) is 60.3 Å². The van der Waals surface area contributed by atoms with Crippen molar-refractivity contribution >= 4 is 23.4 Å². The van der Waals surface area contributed by atoms with Gasteiger partial charge in [0.15, 0.2) is 5.76 Å². The van der Waals surface area contributed by atoms with Crippen LogP contribution in [0.25, 0.3) is 0 Å². The number of carbonyl (C=O) groups excluding carboxylic acids is 3. The molecule has 0 aliphatic carbocycles. The fraction of sp³-hybridized carbons (Fsp3) is 0.409. The van der Waals surface area contributed by atoms with Crippen LogP contribution < -0.4 is 10.1 Å². The van der Waals surface area contributed by atoms with Crippen molar-refractivity contribution in [3.63, 3.8) is 0 Å². The van der Waals surface area contributed by atoms with Crippen molar-refractivity contribution in [1.82, 2.24) is 9.80 Å².